The molecule has 0 radical (unpaired) electrons. The number of benzene rings is 1. The molecule has 1 fully saturated rings. The molecule has 0 amide bonds. The van der Waals surface area contributed by atoms with E-state index in [0.717, 1.165) is 12.8 Å². The van der Waals surface area contributed by atoms with Crippen LogP contribution in [0.3, 0.4) is 0 Å². The van der Waals surface area contributed by atoms with Crippen molar-refractivity contribution in [3.05, 3.63) is 35.4 Å². The minimum absolute atomic E-state index is 0.0752. The van der Waals surface area contributed by atoms with Gasteiger partial charge < -0.3 is 15.2 Å². The number of rotatable bonds is 4. The predicted molar refractivity (Wildman–Crippen MR) is 75.0 cm³/mol. The molecule has 1 aromatic rings. The smallest absolute Gasteiger partial charge is 0.159 e. The van der Waals surface area contributed by atoms with E-state index in [1.165, 1.54) is 30.4 Å². The number of nitrogens with two attached hydrogens (primary N) is 1. The van der Waals surface area contributed by atoms with Gasteiger partial charge in [-0.3, -0.25) is 0 Å². The van der Waals surface area contributed by atoms with Crippen molar-refractivity contribution in [2.45, 2.75) is 50.4 Å². The zero-order valence-electron chi connectivity index (χ0n) is 11.4. The predicted octanol–water partition coefficient (Wildman–Crippen LogP) is 2.59. The fourth-order valence-electron chi connectivity index (χ4n) is 3.35. The van der Waals surface area contributed by atoms with Gasteiger partial charge in [-0.2, -0.15) is 0 Å². The van der Waals surface area contributed by atoms with Crippen LogP contribution in [-0.2, 0) is 15.9 Å². The van der Waals surface area contributed by atoms with Gasteiger partial charge >= 0.3 is 0 Å². The second-order valence-corrected chi connectivity index (χ2v) is 5.69. The van der Waals surface area contributed by atoms with Crippen molar-refractivity contribution < 1.29 is 9.47 Å². The zero-order valence-corrected chi connectivity index (χ0v) is 11.4. The Hall–Kier alpha value is -0.900. The van der Waals surface area contributed by atoms with Crippen molar-refractivity contribution in [1.29, 1.82) is 0 Å². The van der Waals surface area contributed by atoms with Crippen LogP contribution in [0.25, 0.3) is 0 Å². The van der Waals surface area contributed by atoms with Crippen molar-refractivity contribution in [3.8, 4) is 0 Å². The SMILES string of the molecule is NC(CC1OCCO1)CC1CCCc2ccccc21. The van der Waals surface area contributed by atoms with Gasteiger partial charge in [0.25, 0.3) is 0 Å². The molecule has 19 heavy (non-hydrogen) atoms. The van der Waals surface area contributed by atoms with E-state index >= 15 is 0 Å². The van der Waals surface area contributed by atoms with Crippen molar-refractivity contribution in [2.75, 3.05) is 13.2 Å². The first-order valence-corrected chi connectivity index (χ1v) is 7.39. The highest BCUT2D eigenvalue weighted by atomic mass is 16.7. The monoisotopic (exact) mass is 261 g/mol. The highest BCUT2D eigenvalue weighted by Gasteiger charge is 2.25. The lowest BCUT2D eigenvalue weighted by Crippen LogP contribution is -2.29. The Morgan fingerprint density at radius 3 is 2.79 bits per heavy atom. The molecular formula is C16H23NO2. The summed E-state index contributed by atoms with van der Waals surface area (Å²) in [5, 5.41) is 0. The molecule has 3 nitrogen and oxygen atoms in total. The molecule has 0 aromatic heterocycles. The maximum atomic E-state index is 6.28. The minimum Gasteiger partial charge on any atom is -0.350 e. The Morgan fingerprint density at radius 1 is 1.16 bits per heavy atom. The highest BCUT2D eigenvalue weighted by molar-refractivity contribution is 5.32. The van der Waals surface area contributed by atoms with E-state index in [9.17, 15) is 0 Å². The molecule has 0 saturated carbocycles. The standard InChI is InChI=1S/C16H23NO2/c17-14(11-16-18-8-9-19-16)10-13-6-3-5-12-4-1-2-7-15(12)13/h1-2,4,7,13-14,16H,3,5-6,8-11,17H2. The molecular weight excluding hydrogens is 238 g/mol. The first-order chi connectivity index (χ1) is 9.33. The van der Waals surface area contributed by atoms with Gasteiger partial charge in [0.05, 0.1) is 13.2 Å². The summed E-state index contributed by atoms with van der Waals surface area (Å²) in [6.07, 6.45) is 5.55. The van der Waals surface area contributed by atoms with Gasteiger partial charge in [-0.25, -0.2) is 0 Å². The molecule has 3 rings (SSSR count). The maximum absolute atomic E-state index is 6.28. The Kier molecular flexibility index (Phi) is 4.16. The van der Waals surface area contributed by atoms with Crippen LogP contribution in [-0.4, -0.2) is 25.5 Å². The normalized spacial score (nSPS) is 25.2. The minimum atomic E-state index is -0.0752. The maximum Gasteiger partial charge on any atom is 0.159 e. The molecule has 2 aliphatic rings. The van der Waals surface area contributed by atoms with E-state index in [4.69, 9.17) is 15.2 Å². The topological polar surface area (TPSA) is 44.5 Å². The molecule has 1 saturated heterocycles. The Bertz CT molecular complexity index is 415. The highest BCUT2D eigenvalue weighted by Crippen LogP contribution is 2.35. The van der Waals surface area contributed by atoms with Gasteiger partial charge in [0, 0.05) is 12.5 Å². The number of hydrogen-bond donors (Lipinski definition) is 1. The van der Waals surface area contributed by atoms with E-state index in [-0.39, 0.29) is 12.3 Å². The average molecular weight is 261 g/mol. The van der Waals surface area contributed by atoms with Crippen molar-refractivity contribution in [1.82, 2.24) is 0 Å². The summed E-state index contributed by atoms with van der Waals surface area (Å²) in [5.74, 6) is 0.612. The van der Waals surface area contributed by atoms with Gasteiger partial charge in [-0.15, -0.1) is 0 Å². The molecule has 2 N–H and O–H groups in total. The second kappa shape index (κ2) is 6.04. The third-order valence-electron chi connectivity index (χ3n) is 4.27. The molecule has 104 valence electrons. The van der Waals surface area contributed by atoms with Crippen molar-refractivity contribution >= 4 is 0 Å². The quantitative estimate of drug-likeness (QED) is 0.906. The van der Waals surface area contributed by atoms with E-state index in [2.05, 4.69) is 24.3 Å². The molecule has 3 heteroatoms. The summed E-state index contributed by atoms with van der Waals surface area (Å²) in [6.45, 7) is 1.42. The van der Waals surface area contributed by atoms with Crippen molar-refractivity contribution in [2.24, 2.45) is 5.73 Å². The molecule has 1 aliphatic carbocycles. The van der Waals surface area contributed by atoms with Crippen LogP contribution in [0.5, 0.6) is 0 Å². The largest absolute Gasteiger partial charge is 0.350 e. The lowest BCUT2D eigenvalue weighted by molar-refractivity contribution is -0.0512. The molecule has 0 bridgehead atoms. The van der Waals surface area contributed by atoms with Crippen LogP contribution in [0, 0.1) is 0 Å². The van der Waals surface area contributed by atoms with Crippen LogP contribution in [0.15, 0.2) is 24.3 Å². The van der Waals surface area contributed by atoms with Gasteiger partial charge in [-0.1, -0.05) is 24.3 Å². The van der Waals surface area contributed by atoms with Crippen LogP contribution in [0.4, 0.5) is 0 Å². The van der Waals surface area contributed by atoms with Crippen molar-refractivity contribution in [3.63, 3.8) is 0 Å². The second-order valence-electron chi connectivity index (χ2n) is 5.69. The zero-order chi connectivity index (χ0) is 13.1. The Balaban J connectivity index is 1.60. The number of ether oxygens (including phenoxy) is 2. The summed E-state index contributed by atoms with van der Waals surface area (Å²) >= 11 is 0. The third kappa shape index (κ3) is 3.16. The fraction of sp³-hybridized carbons (Fsp3) is 0.625. The number of fused-ring (bicyclic) bond motifs is 1. The van der Waals surface area contributed by atoms with Crippen LogP contribution >= 0.6 is 0 Å². The Labute approximate surface area is 115 Å². The third-order valence-corrected chi connectivity index (χ3v) is 4.27. The first-order valence-electron chi connectivity index (χ1n) is 7.39. The summed E-state index contributed by atoms with van der Waals surface area (Å²) in [4.78, 5) is 0. The first kappa shape index (κ1) is 13.1. The summed E-state index contributed by atoms with van der Waals surface area (Å²) in [7, 11) is 0. The molecule has 1 heterocycles. The van der Waals surface area contributed by atoms with Crippen LogP contribution in [0.2, 0.25) is 0 Å². The fourth-order valence-corrected chi connectivity index (χ4v) is 3.35. The van der Waals surface area contributed by atoms with E-state index in [1.54, 1.807) is 0 Å². The number of hydrogen-bond acceptors (Lipinski definition) is 3. The average Bonchev–Trinajstić information content (AvgIpc) is 2.92. The molecule has 1 aromatic carbocycles. The van der Waals surface area contributed by atoms with Gasteiger partial charge in [0.2, 0.25) is 0 Å². The van der Waals surface area contributed by atoms with E-state index < -0.39 is 0 Å². The Morgan fingerprint density at radius 2 is 1.95 bits per heavy atom. The molecule has 1 aliphatic heterocycles. The molecule has 2 atom stereocenters. The van der Waals surface area contributed by atoms with Crippen LogP contribution < -0.4 is 5.73 Å². The number of aryl methyl sites for hydroxylation is 1. The van der Waals surface area contributed by atoms with E-state index in [0.29, 0.717) is 19.1 Å². The lowest BCUT2D eigenvalue weighted by Gasteiger charge is -2.28. The van der Waals surface area contributed by atoms with E-state index in [1.807, 2.05) is 0 Å². The molecule has 0 spiro atoms. The summed E-state index contributed by atoms with van der Waals surface area (Å²) < 4.78 is 11.0. The molecule has 2 unspecified atom stereocenters. The van der Waals surface area contributed by atoms with Gasteiger partial charge in [0.15, 0.2) is 6.29 Å². The van der Waals surface area contributed by atoms with Gasteiger partial charge in [-0.05, 0) is 42.7 Å². The van der Waals surface area contributed by atoms with Crippen LogP contribution in [0.1, 0.15) is 42.7 Å². The lowest BCUT2D eigenvalue weighted by atomic mass is 9.79. The van der Waals surface area contributed by atoms with Gasteiger partial charge in [0.1, 0.15) is 0 Å². The summed E-state index contributed by atoms with van der Waals surface area (Å²) in [6, 6.07) is 8.98. The summed E-state index contributed by atoms with van der Waals surface area (Å²) in [5.41, 5.74) is 9.31.